The monoisotopic (exact) mass is 336 g/mol. The average Bonchev–Trinajstić information content (AvgIpc) is 2.89. The average molecular weight is 337 g/mol. The highest BCUT2D eigenvalue weighted by atomic mass is 16.5. The van der Waals surface area contributed by atoms with Gasteiger partial charge in [0.1, 0.15) is 0 Å². The molecule has 0 aromatic heterocycles. The summed E-state index contributed by atoms with van der Waals surface area (Å²) in [6.07, 6.45) is 8.74. The standard InChI is InChI=1S/C21H36O3/c1-4-24-18-12-21(3)13(10-16(18)22)7-8-14-15-6-5-9-20(15,2)11-17(23)19(14)21/h13-19,22-23H,4-12H2,1-3H3. The molecule has 9 unspecified atom stereocenters. The Morgan fingerprint density at radius 3 is 2.58 bits per heavy atom. The lowest BCUT2D eigenvalue weighted by Crippen LogP contribution is -2.60. The van der Waals surface area contributed by atoms with Gasteiger partial charge in [0.25, 0.3) is 0 Å². The lowest BCUT2D eigenvalue weighted by atomic mass is 9.44. The molecule has 4 rings (SSSR count). The molecule has 0 bridgehead atoms. The van der Waals surface area contributed by atoms with Gasteiger partial charge in [0.2, 0.25) is 0 Å². The van der Waals surface area contributed by atoms with Gasteiger partial charge in [-0.25, -0.2) is 0 Å². The molecule has 138 valence electrons. The summed E-state index contributed by atoms with van der Waals surface area (Å²) >= 11 is 0. The summed E-state index contributed by atoms with van der Waals surface area (Å²) in [5.41, 5.74) is 0.503. The molecule has 4 aliphatic carbocycles. The van der Waals surface area contributed by atoms with Gasteiger partial charge in [-0.15, -0.1) is 0 Å². The fraction of sp³-hybridized carbons (Fsp3) is 1.00. The molecule has 4 aliphatic rings. The van der Waals surface area contributed by atoms with Crippen LogP contribution in [0.2, 0.25) is 0 Å². The molecule has 0 heterocycles. The first kappa shape index (κ1) is 17.3. The van der Waals surface area contributed by atoms with Gasteiger partial charge in [0.15, 0.2) is 0 Å². The van der Waals surface area contributed by atoms with Crippen molar-refractivity contribution < 1.29 is 14.9 Å². The van der Waals surface area contributed by atoms with Crippen LogP contribution in [0.1, 0.15) is 72.1 Å². The van der Waals surface area contributed by atoms with Crippen LogP contribution < -0.4 is 0 Å². The summed E-state index contributed by atoms with van der Waals surface area (Å²) < 4.78 is 5.90. The van der Waals surface area contributed by atoms with Crippen LogP contribution in [-0.4, -0.2) is 35.1 Å². The summed E-state index contributed by atoms with van der Waals surface area (Å²) in [5.74, 6) is 2.44. The maximum Gasteiger partial charge on any atom is 0.0839 e. The first-order valence-corrected chi connectivity index (χ1v) is 10.4. The van der Waals surface area contributed by atoms with Crippen molar-refractivity contribution in [2.75, 3.05) is 6.61 Å². The second-order valence-electron chi connectivity index (χ2n) is 9.89. The molecule has 9 atom stereocenters. The largest absolute Gasteiger partial charge is 0.393 e. The highest BCUT2D eigenvalue weighted by molar-refractivity contribution is 5.11. The molecule has 0 spiro atoms. The van der Waals surface area contributed by atoms with Crippen LogP contribution in [0.4, 0.5) is 0 Å². The third-order valence-electron chi connectivity index (χ3n) is 8.75. The smallest absolute Gasteiger partial charge is 0.0839 e. The van der Waals surface area contributed by atoms with E-state index in [0.29, 0.717) is 29.8 Å². The first-order valence-electron chi connectivity index (χ1n) is 10.4. The zero-order chi connectivity index (χ0) is 17.1. The number of aliphatic hydroxyl groups excluding tert-OH is 2. The zero-order valence-electron chi connectivity index (χ0n) is 15.7. The Hall–Kier alpha value is -0.120. The van der Waals surface area contributed by atoms with E-state index < -0.39 is 0 Å². The van der Waals surface area contributed by atoms with E-state index in [2.05, 4.69) is 13.8 Å². The minimum Gasteiger partial charge on any atom is -0.393 e. The van der Waals surface area contributed by atoms with Crippen molar-refractivity contribution in [1.82, 2.24) is 0 Å². The van der Waals surface area contributed by atoms with Crippen molar-refractivity contribution in [1.29, 1.82) is 0 Å². The molecule has 0 saturated heterocycles. The van der Waals surface area contributed by atoms with E-state index in [9.17, 15) is 10.2 Å². The van der Waals surface area contributed by atoms with Gasteiger partial charge >= 0.3 is 0 Å². The molecular weight excluding hydrogens is 300 g/mol. The fourth-order valence-electron chi connectivity index (χ4n) is 7.78. The number of hydrogen-bond donors (Lipinski definition) is 2. The Kier molecular flexibility index (Phi) is 4.29. The maximum absolute atomic E-state index is 11.2. The van der Waals surface area contributed by atoms with Crippen LogP contribution in [0.25, 0.3) is 0 Å². The van der Waals surface area contributed by atoms with Gasteiger partial charge in [-0.2, -0.15) is 0 Å². The van der Waals surface area contributed by atoms with Crippen molar-refractivity contribution in [2.24, 2.45) is 34.5 Å². The van der Waals surface area contributed by atoms with E-state index >= 15 is 0 Å². The van der Waals surface area contributed by atoms with Crippen molar-refractivity contribution in [2.45, 2.75) is 90.4 Å². The number of fused-ring (bicyclic) bond motifs is 5. The first-order chi connectivity index (χ1) is 11.4. The molecule has 24 heavy (non-hydrogen) atoms. The van der Waals surface area contributed by atoms with Gasteiger partial charge in [-0.1, -0.05) is 20.3 Å². The van der Waals surface area contributed by atoms with E-state index in [0.717, 1.165) is 25.2 Å². The van der Waals surface area contributed by atoms with E-state index in [1.807, 2.05) is 6.92 Å². The normalized spacial score (nSPS) is 57.1. The van der Waals surface area contributed by atoms with Crippen LogP contribution in [0.5, 0.6) is 0 Å². The van der Waals surface area contributed by atoms with Crippen molar-refractivity contribution >= 4 is 0 Å². The molecule has 3 heteroatoms. The molecule has 2 N–H and O–H groups in total. The van der Waals surface area contributed by atoms with Gasteiger partial charge in [-0.05, 0) is 86.4 Å². The quantitative estimate of drug-likeness (QED) is 0.807. The third-order valence-corrected chi connectivity index (χ3v) is 8.75. The van der Waals surface area contributed by atoms with E-state index in [-0.39, 0.29) is 23.7 Å². The summed E-state index contributed by atoms with van der Waals surface area (Å²) in [7, 11) is 0. The summed E-state index contributed by atoms with van der Waals surface area (Å²) in [4.78, 5) is 0. The molecule has 0 amide bonds. The summed E-state index contributed by atoms with van der Waals surface area (Å²) in [5, 5.41) is 21.7. The number of ether oxygens (including phenoxy) is 1. The van der Waals surface area contributed by atoms with E-state index in [1.54, 1.807) is 0 Å². The Bertz CT molecular complexity index is 480. The molecule has 0 aliphatic heterocycles. The van der Waals surface area contributed by atoms with Crippen LogP contribution in [0.15, 0.2) is 0 Å². The van der Waals surface area contributed by atoms with Gasteiger partial charge in [0.05, 0.1) is 18.3 Å². The number of aliphatic hydroxyl groups is 2. The second-order valence-corrected chi connectivity index (χ2v) is 9.89. The van der Waals surface area contributed by atoms with Crippen molar-refractivity contribution in [3.63, 3.8) is 0 Å². The lowest BCUT2D eigenvalue weighted by Gasteiger charge is -2.62. The van der Waals surface area contributed by atoms with Crippen LogP contribution in [0, 0.1) is 34.5 Å². The molecule has 0 aromatic carbocycles. The SMILES string of the molecule is CCOC1CC2(C)C(CCC3C4CCCC4(C)CC(O)C32)CC1O. The summed E-state index contributed by atoms with van der Waals surface area (Å²) in [6, 6.07) is 0. The van der Waals surface area contributed by atoms with E-state index in [4.69, 9.17) is 4.74 Å². The van der Waals surface area contributed by atoms with Gasteiger partial charge in [0, 0.05) is 6.61 Å². The third kappa shape index (κ3) is 2.41. The second kappa shape index (κ2) is 5.96. The maximum atomic E-state index is 11.2. The molecule has 0 aromatic rings. The van der Waals surface area contributed by atoms with Gasteiger partial charge < -0.3 is 14.9 Å². The Balaban J connectivity index is 1.64. The molecular formula is C21H36O3. The predicted molar refractivity (Wildman–Crippen MR) is 94.5 cm³/mol. The zero-order valence-corrected chi connectivity index (χ0v) is 15.7. The van der Waals surface area contributed by atoms with Crippen molar-refractivity contribution in [3.05, 3.63) is 0 Å². The topological polar surface area (TPSA) is 49.7 Å². The van der Waals surface area contributed by atoms with Crippen LogP contribution in [-0.2, 0) is 4.74 Å². The Morgan fingerprint density at radius 2 is 1.83 bits per heavy atom. The number of hydrogen-bond acceptors (Lipinski definition) is 3. The van der Waals surface area contributed by atoms with Crippen LogP contribution >= 0.6 is 0 Å². The number of rotatable bonds is 2. The predicted octanol–water partition coefficient (Wildman–Crippen LogP) is 3.77. The van der Waals surface area contributed by atoms with Crippen molar-refractivity contribution in [3.8, 4) is 0 Å². The fourth-order valence-corrected chi connectivity index (χ4v) is 7.78. The summed E-state index contributed by atoms with van der Waals surface area (Å²) in [6.45, 7) is 7.53. The lowest BCUT2D eigenvalue weighted by molar-refractivity contribution is -0.199. The van der Waals surface area contributed by atoms with E-state index in [1.165, 1.54) is 32.1 Å². The minimum absolute atomic E-state index is 0.0425. The Labute approximate surface area is 147 Å². The highest BCUT2D eigenvalue weighted by Gasteiger charge is 2.62. The Morgan fingerprint density at radius 1 is 1.04 bits per heavy atom. The highest BCUT2D eigenvalue weighted by Crippen LogP contribution is 2.66. The van der Waals surface area contributed by atoms with Gasteiger partial charge in [-0.3, -0.25) is 0 Å². The van der Waals surface area contributed by atoms with Crippen LogP contribution in [0.3, 0.4) is 0 Å². The molecule has 0 radical (unpaired) electrons. The molecule has 4 saturated carbocycles. The molecule has 4 fully saturated rings. The minimum atomic E-state index is -0.322. The molecule has 3 nitrogen and oxygen atoms in total.